The zero-order chi connectivity index (χ0) is 30.6. The highest BCUT2D eigenvalue weighted by Gasteiger charge is 2.47. The lowest BCUT2D eigenvalue weighted by Gasteiger charge is -2.39. The Morgan fingerprint density at radius 1 is 0.953 bits per heavy atom. The van der Waals surface area contributed by atoms with Crippen molar-refractivity contribution >= 4 is 16.3 Å². The molecule has 1 aliphatic heterocycles. The number of benzene rings is 3. The zero-order valence-electron chi connectivity index (χ0n) is 25.5. The van der Waals surface area contributed by atoms with E-state index < -0.39 is 17.5 Å². The molecule has 9 heteroatoms. The summed E-state index contributed by atoms with van der Waals surface area (Å²) in [6.45, 7) is 6.80. The summed E-state index contributed by atoms with van der Waals surface area (Å²) >= 11 is 0. The minimum atomic E-state index is -0.921. The highest BCUT2D eigenvalue weighted by Crippen LogP contribution is 2.45. The van der Waals surface area contributed by atoms with Crippen LogP contribution in [0.25, 0.3) is 0 Å². The molecule has 1 aliphatic rings. The van der Waals surface area contributed by atoms with E-state index in [0.717, 1.165) is 22.4 Å². The van der Waals surface area contributed by atoms with Gasteiger partial charge in [-0.25, -0.2) is 4.79 Å². The second-order valence-corrected chi connectivity index (χ2v) is 12.5. The number of anilines is 1. The number of nitrogen functional groups attached to an aromatic ring is 1. The lowest BCUT2D eigenvalue weighted by atomic mass is 9.79. The van der Waals surface area contributed by atoms with Crippen LogP contribution in [0.4, 0.5) is 5.82 Å². The summed E-state index contributed by atoms with van der Waals surface area (Å²) in [5.74, 6) is 0.865. The van der Waals surface area contributed by atoms with Crippen molar-refractivity contribution in [3.05, 3.63) is 124 Å². The first-order chi connectivity index (χ1) is 20.7. The first-order valence-corrected chi connectivity index (χ1v) is 15.4. The van der Waals surface area contributed by atoms with Crippen LogP contribution in [0.3, 0.4) is 0 Å². The topological polar surface area (TPSA) is 97.8 Å². The highest BCUT2D eigenvalue weighted by molar-refractivity contribution is 5.98. The predicted octanol–water partition coefficient (Wildman–Crippen LogP) is 4.46. The molecule has 4 unspecified atom stereocenters. The summed E-state index contributed by atoms with van der Waals surface area (Å²) in [5, 5.41) is 0. The maximum atomic E-state index is 12.8. The summed E-state index contributed by atoms with van der Waals surface area (Å²) in [7, 11) is 2.21. The van der Waals surface area contributed by atoms with E-state index in [2.05, 4.69) is 62.2 Å². The van der Waals surface area contributed by atoms with Gasteiger partial charge >= 0.3 is 5.69 Å². The third kappa shape index (κ3) is 6.31. The molecule has 0 saturated carbocycles. The first-order valence-electron chi connectivity index (χ1n) is 14.6. The van der Waals surface area contributed by atoms with Gasteiger partial charge in [0.05, 0.1) is 25.9 Å². The Kier molecular flexibility index (Phi) is 9.17. The maximum absolute atomic E-state index is 12.8. The maximum Gasteiger partial charge on any atom is 0.351 e. The highest BCUT2D eigenvalue weighted by atomic mass is 28.2. The molecular formula is C34H41N3O5Si. The molecule has 0 amide bonds. The molecular weight excluding hydrogens is 558 g/mol. The van der Waals surface area contributed by atoms with Crippen LogP contribution in [0.5, 0.6) is 5.75 Å². The Balaban J connectivity index is 1.59. The summed E-state index contributed by atoms with van der Waals surface area (Å²) in [6, 6.07) is 30.2. The Morgan fingerprint density at radius 2 is 1.53 bits per heavy atom. The van der Waals surface area contributed by atoms with Crippen LogP contribution in [0.2, 0.25) is 0 Å². The molecule has 0 spiro atoms. The van der Waals surface area contributed by atoms with Crippen LogP contribution in [0.15, 0.2) is 102 Å². The molecule has 3 aromatic carbocycles. The van der Waals surface area contributed by atoms with Crippen molar-refractivity contribution in [2.24, 2.45) is 11.3 Å². The smallest absolute Gasteiger partial charge is 0.351 e. The van der Waals surface area contributed by atoms with Gasteiger partial charge in [0.25, 0.3) is 0 Å². The van der Waals surface area contributed by atoms with E-state index in [1.807, 2.05) is 48.5 Å². The normalized spacial score (nSPS) is 19.8. The van der Waals surface area contributed by atoms with Gasteiger partial charge in [-0.1, -0.05) is 93.6 Å². The number of nitrogens with zero attached hydrogens (tertiary/aromatic N) is 2. The van der Waals surface area contributed by atoms with E-state index in [1.165, 1.54) is 4.57 Å². The number of hydrogen-bond acceptors (Lipinski definition) is 7. The van der Waals surface area contributed by atoms with Crippen LogP contribution >= 0.6 is 0 Å². The van der Waals surface area contributed by atoms with E-state index in [4.69, 9.17) is 24.4 Å². The molecule has 4 aromatic rings. The van der Waals surface area contributed by atoms with Gasteiger partial charge in [-0.2, -0.15) is 4.98 Å². The summed E-state index contributed by atoms with van der Waals surface area (Å²) in [5.41, 5.74) is 7.20. The molecule has 2 N–H and O–H groups in total. The van der Waals surface area contributed by atoms with Crippen molar-refractivity contribution in [1.82, 2.24) is 9.55 Å². The van der Waals surface area contributed by atoms with Crippen LogP contribution in [-0.4, -0.2) is 46.0 Å². The molecule has 1 aromatic heterocycles. The molecule has 1 saturated heterocycles. The summed E-state index contributed by atoms with van der Waals surface area (Å²) < 4.78 is 27.1. The minimum Gasteiger partial charge on any atom is -0.497 e. The molecule has 43 heavy (non-hydrogen) atoms. The molecule has 226 valence electrons. The molecule has 1 fully saturated rings. The van der Waals surface area contributed by atoms with E-state index in [1.54, 1.807) is 19.4 Å². The molecule has 2 heterocycles. The van der Waals surface area contributed by atoms with Gasteiger partial charge < -0.3 is 24.4 Å². The van der Waals surface area contributed by atoms with Crippen molar-refractivity contribution in [3.63, 3.8) is 0 Å². The second kappa shape index (κ2) is 12.8. The Hall–Kier alpha value is -3.76. The number of methoxy groups -OCH3 is 1. The fourth-order valence-electron chi connectivity index (χ4n) is 6.18. The van der Waals surface area contributed by atoms with Gasteiger partial charge in [-0.15, -0.1) is 0 Å². The quantitative estimate of drug-likeness (QED) is 0.212. The Bertz CT molecular complexity index is 1500. The van der Waals surface area contributed by atoms with Gasteiger partial charge in [-0.05, 0) is 40.3 Å². The van der Waals surface area contributed by atoms with Gasteiger partial charge in [0, 0.05) is 18.5 Å². The van der Waals surface area contributed by atoms with Gasteiger partial charge in [0.1, 0.15) is 33.9 Å². The number of hydrogen-bond donors (Lipinski definition) is 1. The van der Waals surface area contributed by atoms with Gasteiger partial charge in [-0.3, -0.25) is 4.57 Å². The van der Waals surface area contributed by atoms with Crippen LogP contribution in [0, 0.1) is 11.3 Å². The third-order valence-corrected chi connectivity index (χ3v) is 8.73. The van der Waals surface area contributed by atoms with Gasteiger partial charge in [0.2, 0.25) is 0 Å². The molecule has 0 aliphatic carbocycles. The summed E-state index contributed by atoms with van der Waals surface area (Å²) in [4.78, 5) is 16.8. The molecule has 8 nitrogen and oxygen atoms in total. The molecule has 5 rings (SSSR count). The van der Waals surface area contributed by atoms with Crippen molar-refractivity contribution in [2.45, 2.75) is 51.2 Å². The van der Waals surface area contributed by atoms with Crippen molar-refractivity contribution in [2.75, 3.05) is 19.5 Å². The number of rotatable bonds is 10. The van der Waals surface area contributed by atoms with Crippen LogP contribution < -0.4 is 16.2 Å². The SMILES string of the molecule is COc1ccc(C(OCC2CC(n3ccc(N)nc3=O)OC2C(O[SiH3])C(C)(C)C)(c2ccccc2)c2ccccc2)cc1. The Labute approximate surface area is 256 Å². The monoisotopic (exact) mass is 599 g/mol. The fourth-order valence-corrected chi connectivity index (χ4v) is 7.16. The first kappa shape index (κ1) is 30.7. The lowest BCUT2D eigenvalue weighted by molar-refractivity contribution is -0.105. The summed E-state index contributed by atoms with van der Waals surface area (Å²) in [6.07, 6.45) is 1.17. The second-order valence-electron chi connectivity index (χ2n) is 12.1. The number of ether oxygens (including phenoxy) is 3. The average Bonchev–Trinajstić information content (AvgIpc) is 3.41. The average molecular weight is 600 g/mol. The largest absolute Gasteiger partial charge is 0.497 e. The fraction of sp³-hybridized carbons (Fsp3) is 0.353. The van der Waals surface area contributed by atoms with E-state index >= 15 is 0 Å². The van der Waals surface area contributed by atoms with Crippen molar-refractivity contribution < 1.29 is 18.6 Å². The number of nitrogens with two attached hydrogens (primary N) is 1. The zero-order valence-corrected chi connectivity index (χ0v) is 27.5. The number of aromatic nitrogens is 2. The molecule has 4 atom stereocenters. The standard InChI is InChI=1S/C34H41N3O5Si/c1-33(2,3)31(42-43)30-23(21-29(41-30)37-20-19-28(35)36-32(37)38)22-40-34(24-11-7-5-8-12-24,25-13-9-6-10-14-25)26-15-17-27(39-4)18-16-26/h5-20,23,29-31H,21-22H2,1-4,43H3,(H2,35,36,38). The van der Waals surface area contributed by atoms with Crippen molar-refractivity contribution in [3.8, 4) is 5.75 Å². The Morgan fingerprint density at radius 3 is 2.05 bits per heavy atom. The van der Waals surface area contributed by atoms with E-state index in [9.17, 15) is 4.79 Å². The molecule has 0 radical (unpaired) electrons. The van der Waals surface area contributed by atoms with Crippen LogP contribution in [-0.2, 0) is 19.5 Å². The predicted molar refractivity (Wildman–Crippen MR) is 171 cm³/mol. The van der Waals surface area contributed by atoms with E-state index in [-0.39, 0.29) is 29.4 Å². The van der Waals surface area contributed by atoms with Crippen molar-refractivity contribution in [1.29, 1.82) is 0 Å². The lowest BCUT2D eigenvalue weighted by Crippen LogP contribution is -2.45. The van der Waals surface area contributed by atoms with E-state index in [0.29, 0.717) is 23.5 Å². The third-order valence-electron chi connectivity index (χ3n) is 8.22. The minimum absolute atomic E-state index is 0.0855. The molecule has 0 bridgehead atoms. The van der Waals surface area contributed by atoms with Gasteiger partial charge in [0.15, 0.2) is 0 Å². The van der Waals surface area contributed by atoms with Crippen LogP contribution in [0.1, 0.15) is 50.1 Å².